The number of nitrogens with one attached hydrogen (secondary N) is 1. The van der Waals surface area contributed by atoms with Gasteiger partial charge in [0.1, 0.15) is 18.3 Å². The van der Waals surface area contributed by atoms with Crippen molar-refractivity contribution in [3.05, 3.63) is 93.0 Å². The van der Waals surface area contributed by atoms with Crippen molar-refractivity contribution in [1.82, 2.24) is 10.2 Å². The lowest BCUT2D eigenvalue weighted by Crippen LogP contribution is -2.54. The summed E-state index contributed by atoms with van der Waals surface area (Å²) in [6, 6.07) is 16.2. The highest BCUT2D eigenvalue weighted by Gasteiger charge is 2.35. The highest BCUT2D eigenvalue weighted by molar-refractivity contribution is 7.92. The molecule has 0 saturated heterocycles. The van der Waals surface area contributed by atoms with E-state index in [1.807, 2.05) is 44.2 Å². The van der Waals surface area contributed by atoms with Gasteiger partial charge in [-0.15, -0.1) is 0 Å². The molecule has 2 unspecified atom stereocenters. The first kappa shape index (κ1) is 35.3. The fourth-order valence-corrected chi connectivity index (χ4v) is 6.39. The summed E-state index contributed by atoms with van der Waals surface area (Å²) in [5, 5.41) is 14.8. The number of halogens is 1. The second-order valence-electron chi connectivity index (χ2n) is 10.6. The van der Waals surface area contributed by atoms with E-state index in [1.165, 1.54) is 49.3 Å². The van der Waals surface area contributed by atoms with Gasteiger partial charge in [0.25, 0.3) is 15.7 Å². The van der Waals surface area contributed by atoms with E-state index in [9.17, 15) is 28.1 Å². The number of nitro benzene ring substituents is 1. The summed E-state index contributed by atoms with van der Waals surface area (Å²) in [6.07, 6.45) is 1.38. The highest BCUT2D eigenvalue weighted by Crippen LogP contribution is 2.36. The number of aryl methyl sites for hydroxylation is 1. The van der Waals surface area contributed by atoms with E-state index in [-0.39, 0.29) is 46.9 Å². The van der Waals surface area contributed by atoms with Gasteiger partial charge in [-0.05, 0) is 62.9 Å². The second-order valence-corrected chi connectivity index (χ2v) is 12.9. The Balaban J connectivity index is 2.14. The number of amides is 2. The molecule has 11 nitrogen and oxygen atoms in total. The molecule has 0 aliphatic rings. The van der Waals surface area contributed by atoms with Gasteiger partial charge in [-0.25, -0.2) is 8.42 Å². The van der Waals surface area contributed by atoms with Crippen LogP contribution in [0, 0.1) is 17.0 Å². The molecule has 0 saturated carbocycles. The van der Waals surface area contributed by atoms with Crippen LogP contribution in [0.3, 0.4) is 0 Å². The van der Waals surface area contributed by atoms with Gasteiger partial charge in [0.2, 0.25) is 11.8 Å². The number of rotatable bonds is 15. The summed E-state index contributed by atoms with van der Waals surface area (Å²) in [4.78, 5) is 39.7. The SMILES string of the molecule is CCC(C)NC(=O)C(CC)N(CCc1ccccc1)C(=O)CN(c1cc(Cl)ccc1OC)S(=O)(=O)c1ccc(C)c([N+](=O)[O-])c1. The van der Waals surface area contributed by atoms with Crippen molar-refractivity contribution < 1.29 is 27.7 Å². The Bertz CT molecular complexity index is 1620. The van der Waals surface area contributed by atoms with Crippen LogP contribution in [0.4, 0.5) is 11.4 Å². The number of ether oxygens (including phenoxy) is 1. The van der Waals surface area contributed by atoms with Crippen molar-refractivity contribution in [1.29, 1.82) is 0 Å². The van der Waals surface area contributed by atoms with E-state index in [1.54, 1.807) is 6.92 Å². The highest BCUT2D eigenvalue weighted by atomic mass is 35.5. The molecule has 0 fully saturated rings. The van der Waals surface area contributed by atoms with E-state index in [4.69, 9.17) is 16.3 Å². The maximum absolute atomic E-state index is 14.3. The molecule has 0 bridgehead atoms. The molecule has 0 spiro atoms. The lowest BCUT2D eigenvalue weighted by atomic mass is 10.1. The lowest BCUT2D eigenvalue weighted by Gasteiger charge is -2.34. The van der Waals surface area contributed by atoms with Gasteiger partial charge in [0, 0.05) is 29.2 Å². The van der Waals surface area contributed by atoms with Gasteiger partial charge in [0.15, 0.2) is 0 Å². The van der Waals surface area contributed by atoms with E-state index < -0.39 is 44.0 Å². The number of hydrogen-bond acceptors (Lipinski definition) is 7. The summed E-state index contributed by atoms with van der Waals surface area (Å²) in [6.45, 7) is 6.47. The maximum atomic E-state index is 14.3. The predicted octanol–water partition coefficient (Wildman–Crippen LogP) is 5.53. The van der Waals surface area contributed by atoms with Crippen LogP contribution < -0.4 is 14.4 Å². The molecule has 3 aromatic rings. The van der Waals surface area contributed by atoms with Crippen LogP contribution in [-0.4, -0.2) is 62.3 Å². The van der Waals surface area contributed by atoms with E-state index in [0.717, 1.165) is 15.9 Å². The number of methoxy groups -OCH3 is 1. The van der Waals surface area contributed by atoms with Gasteiger partial charge < -0.3 is 15.0 Å². The smallest absolute Gasteiger partial charge is 0.273 e. The maximum Gasteiger partial charge on any atom is 0.273 e. The third kappa shape index (κ3) is 8.73. The lowest BCUT2D eigenvalue weighted by molar-refractivity contribution is -0.385. The number of nitro groups is 1. The summed E-state index contributed by atoms with van der Waals surface area (Å²) < 4.78 is 34.8. The summed E-state index contributed by atoms with van der Waals surface area (Å²) in [5.74, 6) is -0.892. The van der Waals surface area contributed by atoms with Gasteiger partial charge in [-0.3, -0.25) is 24.0 Å². The van der Waals surface area contributed by atoms with Crippen molar-refractivity contribution >= 4 is 44.8 Å². The fourth-order valence-electron chi connectivity index (χ4n) is 4.78. The molecular weight excluding hydrogens is 620 g/mol. The quantitative estimate of drug-likeness (QED) is 0.167. The molecule has 2 amide bonds. The first-order chi connectivity index (χ1) is 21.3. The molecule has 13 heteroatoms. The van der Waals surface area contributed by atoms with Crippen molar-refractivity contribution in [2.75, 3.05) is 24.5 Å². The number of carbonyl (C=O) groups excluding carboxylic acids is 2. The average Bonchev–Trinajstić information content (AvgIpc) is 3.01. The van der Waals surface area contributed by atoms with Crippen LogP contribution in [0.5, 0.6) is 5.75 Å². The van der Waals surface area contributed by atoms with E-state index in [0.29, 0.717) is 12.8 Å². The van der Waals surface area contributed by atoms with E-state index in [2.05, 4.69) is 5.32 Å². The first-order valence-corrected chi connectivity index (χ1v) is 16.4. The van der Waals surface area contributed by atoms with Crippen LogP contribution in [0.15, 0.2) is 71.6 Å². The molecule has 0 aliphatic heterocycles. The molecule has 0 aromatic heterocycles. The van der Waals surface area contributed by atoms with Gasteiger partial charge in [0.05, 0.1) is 22.6 Å². The molecule has 0 heterocycles. The zero-order valence-electron chi connectivity index (χ0n) is 26.0. The van der Waals surface area contributed by atoms with Crippen molar-refractivity contribution in [2.45, 2.75) is 63.9 Å². The molecule has 3 aromatic carbocycles. The fraction of sp³-hybridized carbons (Fsp3) is 0.375. The molecular formula is C32H39ClN4O7S. The minimum atomic E-state index is -4.61. The Morgan fingerprint density at radius 2 is 1.73 bits per heavy atom. The molecule has 3 rings (SSSR count). The molecule has 0 aliphatic carbocycles. The second kappa shape index (κ2) is 15.7. The number of sulfonamides is 1. The molecule has 1 N–H and O–H groups in total. The largest absolute Gasteiger partial charge is 0.495 e. The van der Waals surface area contributed by atoms with Gasteiger partial charge >= 0.3 is 0 Å². The van der Waals surface area contributed by atoms with E-state index >= 15 is 0 Å². The monoisotopic (exact) mass is 658 g/mol. The van der Waals surface area contributed by atoms with Crippen LogP contribution in [0.1, 0.15) is 44.7 Å². The Morgan fingerprint density at radius 3 is 2.33 bits per heavy atom. The Kier molecular flexibility index (Phi) is 12.3. The van der Waals surface area contributed by atoms with Gasteiger partial charge in [-0.2, -0.15) is 0 Å². The first-order valence-electron chi connectivity index (χ1n) is 14.6. The topological polar surface area (TPSA) is 139 Å². The number of carbonyl (C=O) groups is 2. The Morgan fingerprint density at radius 1 is 1.04 bits per heavy atom. The normalized spacial score (nSPS) is 12.6. The van der Waals surface area contributed by atoms with Crippen molar-refractivity contribution in [3.8, 4) is 5.75 Å². The van der Waals surface area contributed by atoms with Crippen LogP contribution >= 0.6 is 11.6 Å². The number of hydrogen-bond donors (Lipinski definition) is 1. The molecule has 242 valence electrons. The number of anilines is 1. The van der Waals surface area contributed by atoms with Crippen molar-refractivity contribution in [3.63, 3.8) is 0 Å². The van der Waals surface area contributed by atoms with Gasteiger partial charge in [-0.1, -0.05) is 61.8 Å². The summed E-state index contributed by atoms with van der Waals surface area (Å²) in [7, 11) is -3.26. The predicted molar refractivity (Wildman–Crippen MR) is 174 cm³/mol. The number of nitrogens with zero attached hydrogens (tertiary/aromatic N) is 3. The number of benzene rings is 3. The van der Waals surface area contributed by atoms with Crippen LogP contribution in [-0.2, 0) is 26.0 Å². The average molecular weight is 659 g/mol. The molecule has 45 heavy (non-hydrogen) atoms. The van der Waals surface area contributed by atoms with Crippen molar-refractivity contribution in [2.24, 2.45) is 0 Å². The zero-order chi connectivity index (χ0) is 33.3. The minimum Gasteiger partial charge on any atom is -0.495 e. The molecule has 2 atom stereocenters. The third-order valence-electron chi connectivity index (χ3n) is 7.52. The summed E-state index contributed by atoms with van der Waals surface area (Å²) in [5.41, 5.74) is 0.770. The summed E-state index contributed by atoms with van der Waals surface area (Å²) >= 11 is 6.28. The van der Waals surface area contributed by atoms with Crippen LogP contribution in [0.2, 0.25) is 5.02 Å². The molecule has 0 radical (unpaired) electrons. The zero-order valence-corrected chi connectivity index (χ0v) is 27.6. The minimum absolute atomic E-state index is 0.0401. The Hall–Kier alpha value is -4.16. The Labute approximate surface area is 269 Å². The standard InChI is InChI=1S/C32H39ClN4O7S/c1-6-23(4)34-32(39)27(7-2)35(18-17-24-11-9-8-10-12-24)31(38)21-36(29-19-25(33)14-16-30(29)44-5)45(42,43)26-15-13-22(3)28(20-26)37(40)41/h8-16,19-20,23,27H,6-7,17-18,21H2,1-5H3,(H,34,39). The van der Waals surface area contributed by atoms with Crippen LogP contribution in [0.25, 0.3) is 0 Å². The third-order valence-corrected chi connectivity index (χ3v) is 9.52.